The topological polar surface area (TPSA) is 32.8 Å². The average molecular weight is 354 g/mol. The summed E-state index contributed by atoms with van der Waals surface area (Å²) in [6, 6.07) is 3.57. The molecule has 1 aromatic rings. The van der Waals surface area contributed by atoms with Gasteiger partial charge in [-0.15, -0.1) is 0 Å². The van der Waals surface area contributed by atoms with E-state index in [2.05, 4.69) is 4.90 Å². The predicted molar refractivity (Wildman–Crippen MR) is 85.6 cm³/mol. The summed E-state index contributed by atoms with van der Waals surface area (Å²) in [4.78, 5) is 16.7. The molecular weight excluding hydrogens is 333 g/mol. The highest BCUT2D eigenvalue weighted by molar-refractivity contribution is 5.97. The number of fused-ring (bicyclic) bond motifs is 2. The lowest BCUT2D eigenvalue weighted by Crippen LogP contribution is -2.44. The summed E-state index contributed by atoms with van der Waals surface area (Å²) >= 11 is 0. The fourth-order valence-electron chi connectivity index (χ4n) is 4.32. The Balaban J connectivity index is 1.63. The molecule has 7 heteroatoms. The van der Waals surface area contributed by atoms with E-state index in [0.717, 1.165) is 18.7 Å². The first-order chi connectivity index (χ1) is 11.8. The number of likely N-dealkylation sites (N-methyl/N-ethyl adjacent to an activating group) is 1. The molecule has 0 N–H and O–H groups in total. The molecular formula is C18H21F3N2O2. The van der Waals surface area contributed by atoms with Crippen LogP contribution < -0.4 is 4.74 Å². The van der Waals surface area contributed by atoms with Gasteiger partial charge in [-0.25, -0.2) is 0 Å². The molecule has 0 unspecified atom stereocenters. The van der Waals surface area contributed by atoms with Gasteiger partial charge in [0.15, 0.2) is 0 Å². The summed E-state index contributed by atoms with van der Waals surface area (Å²) in [5.41, 5.74) is -0.824. The molecule has 1 saturated heterocycles. The van der Waals surface area contributed by atoms with Crippen molar-refractivity contribution in [3.8, 4) is 5.75 Å². The first-order valence-electron chi connectivity index (χ1n) is 8.73. The van der Waals surface area contributed by atoms with E-state index >= 15 is 0 Å². The highest BCUT2D eigenvalue weighted by atomic mass is 19.4. The number of amides is 1. The molecule has 2 heterocycles. The molecule has 4 rings (SSSR count). The smallest absolute Gasteiger partial charge is 0.416 e. The van der Waals surface area contributed by atoms with Crippen molar-refractivity contribution in [2.24, 2.45) is 0 Å². The maximum absolute atomic E-state index is 13.0. The maximum Gasteiger partial charge on any atom is 0.416 e. The number of likely N-dealkylation sites (tertiary alicyclic amines) is 1. The van der Waals surface area contributed by atoms with Crippen LogP contribution in [0.1, 0.15) is 41.6 Å². The van der Waals surface area contributed by atoms with Crippen molar-refractivity contribution in [1.82, 2.24) is 9.80 Å². The van der Waals surface area contributed by atoms with E-state index < -0.39 is 17.6 Å². The van der Waals surface area contributed by atoms with E-state index in [1.807, 2.05) is 0 Å². The Hall–Kier alpha value is -1.76. The molecule has 0 aromatic heterocycles. The summed E-state index contributed by atoms with van der Waals surface area (Å²) in [6.45, 7) is 1.44. The highest BCUT2D eigenvalue weighted by Crippen LogP contribution is 2.37. The molecule has 2 aliphatic heterocycles. The standard InChI is InChI=1S/C18H21F3N2O2/c1-22-14-9-23(12-4-2-3-5-12)10-16(14)25-15-7-6-11(18(19,20)21)8-13(15)17(22)24/h6-8,12,14,16H,2-5,9-10H2,1H3/t14-,16+/m1/s1. The zero-order valence-electron chi connectivity index (χ0n) is 14.1. The van der Waals surface area contributed by atoms with Crippen LogP contribution in [0.5, 0.6) is 5.75 Å². The Morgan fingerprint density at radius 3 is 2.56 bits per heavy atom. The number of carbonyl (C=O) groups is 1. The third kappa shape index (κ3) is 2.88. The number of hydrogen-bond acceptors (Lipinski definition) is 3. The van der Waals surface area contributed by atoms with Crippen LogP contribution in [-0.2, 0) is 6.18 Å². The second-order valence-electron chi connectivity index (χ2n) is 7.24. The van der Waals surface area contributed by atoms with Gasteiger partial charge in [0.2, 0.25) is 0 Å². The highest BCUT2D eigenvalue weighted by Gasteiger charge is 2.45. The van der Waals surface area contributed by atoms with E-state index in [4.69, 9.17) is 4.74 Å². The molecule has 0 bridgehead atoms. The van der Waals surface area contributed by atoms with E-state index in [1.165, 1.54) is 31.7 Å². The number of benzene rings is 1. The van der Waals surface area contributed by atoms with Crippen molar-refractivity contribution in [2.75, 3.05) is 20.1 Å². The molecule has 1 amide bonds. The van der Waals surface area contributed by atoms with Crippen LogP contribution >= 0.6 is 0 Å². The second kappa shape index (κ2) is 5.90. The summed E-state index contributed by atoms with van der Waals surface area (Å²) in [5, 5.41) is 0. The Labute approximate surface area is 144 Å². The van der Waals surface area contributed by atoms with Crippen molar-refractivity contribution >= 4 is 5.91 Å². The van der Waals surface area contributed by atoms with Crippen molar-refractivity contribution in [3.63, 3.8) is 0 Å². The third-order valence-corrected chi connectivity index (χ3v) is 5.74. The molecule has 1 aliphatic carbocycles. The minimum atomic E-state index is -4.48. The van der Waals surface area contributed by atoms with E-state index in [-0.39, 0.29) is 23.5 Å². The van der Waals surface area contributed by atoms with Gasteiger partial charge in [-0.1, -0.05) is 12.8 Å². The lowest BCUT2D eigenvalue weighted by molar-refractivity contribution is -0.137. The van der Waals surface area contributed by atoms with Crippen molar-refractivity contribution in [1.29, 1.82) is 0 Å². The van der Waals surface area contributed by atoms with Crippen LogP contribution in [0, 0.1) is 0 Å². The summed E-state index contributed by atoms with van der Waals surface area (Å²) < 4.78 is 44.9. The molecule has 136 valence electrons. The Morgan fingerprint density at radius 1 is 1.16 bits per heavy atom. The first-order valence-corrected chi connectivity index (χ1v) is 8.73. The zero-order chi connectivity index (χ0) is 17.8. The van der Waals surface area contributed by atoms with E-state index in [1.54, 1.807) is 11.9 Å². The van der Waals surface area contributed by atoms with Crippen LogP contribution in [0.4, 0.5) is 13.2 Å². The quantitative estimate of drug-likeness (QED) is 0.777. The molecule has 1 saturated carbocycles. The molecule has 25 heavy (non-hydrogen) atoms. The van der Waals surface area contributed by atoms with Gasteiger partial charge in [-0.3, -0.25) is 9.69 Å². The predicted octanol–water partition coefficient (Wildman–Crippen LogP) is 3.17. The van der Waals surface area contributed by atoms with E-state index in [0.29, 0.717) is 12.6 Å². The number of alkyl halides is 3. The van der Waals surface area contributed by atoms with Crippen molar-refractivity contribution < 1.29 is 22.7 Å². The van der Waals surface area contributed by atoms with Gasteiger partial charge in [0, 0.05) is 26.2 Å². The number of carbonyl (C=O) groups excluding carboxylic acids is 1. The molecule has 1 aromatic carbocycles. The molecule has 2 fully saturated rings. The zero-order valence-corrected chi connectivity index (χ0v) is 14.1. The summed E-state index contributed by atoms with van der Waals surface area (Å²) in [7, 11) is 1.66. The van der Waals surface area contributed by atoms with Crippen LogP contribution in [0.2, 0.25) is 0 Å². The number of rotatable bonds is 1. The number of hydrogen-bond donors (Lipinski definition) is 0. The summed E-state index contributed by atoms with van der Waals surface area (Å²) in [6.07, 6.45) is 0.123. The maximum atomic E-state index is 13.0. The largest absolute Gasteiger partial charge is 0.486 e. The van der Waals surface area contributed by atoms with E-state index in [9.17, 15) is 18.0 Å². The van der Waals surface area contributed by atoms with Gasteiger partial charge in [0.25, 0.3) is 5.91 Å². The van der Waals surface area contributed by atoms with Crippen LogP contribution in [-0.4, -0.2) is 54.0 Å². The van der Waals surface area contributed by atoms with Gasteiger partial charge in [-0.05, 0) is 31.0 Å². The molecule has 4 nitrogen and oxygen atoms in total. The number of ether oxygens (including phenoxy) is 1. The molecule has 0 spiro atoms. The van der Waals surface area contributed by atoms with Gasteiger partial charge in [0.05, 0.1) is 17.2 Å². The third-order valence-electron chi connectivity index (χ3n) is 5.74. The molecule has 3 aliphatic rings. The first kappa shape index (κ1) is 16.7. The fourth-order valence-corrected chi connectivity index (χ4v) is 4.32. The van der Waals surface area contributed by atoms with Gasteiger partial charge in [-0.2, -0.15) is 13.2 Å². The van der Waals surface area contributed by atoms with Crippen molar-refractivity contribution in [3.05, 3.63) is 29.3 Å². The van der Waals surface area contributed by atoms with Crippen molar-refractivity contribution in [2.45, 2.75) is 50.0 Å². The Kier molecular flexibility index (Phi) is 3.94. The van der Waals surface area contributed by atoms with Crippen LogP contribution in [0.25, 0.3) is 0 Å². The number of halogens is 3. The molecule has 2 atom stereocenters. The Morgan fingerprint density at radius 2 is 1.88 bits per heavy atom. The Bertz CT molecular complexity index is 685. The SMILES string of the molecule is CN1C(=O)c2cc(C(F)(F)F)ccc2O[C@H]2CN(C3CCCC3)C[C@H]21. The van der Waals surface area contributed by atoms with Gasteiger partial charge < -0.3 is 9.64 Å². The van der Waals surface area contributed by atoms with Crippen LogP contribution in [0.3, 0.4) is 0 Å². The lowest BCUT2D eigenvalue weighted by atomic mass is 10.1. The molecule has 0 radical (unpaired) electrons. The normalized spacial score (nSPS) is 27.8. The van der Waals surface area contributed by atoms with Crippen LogP contribution in [0.15, 0.2) is 18.2 Å². The number of nitrogens with zero attached hydrogens (tertiary/aromatic N) is 2. The van der Waals surface area contributed by atoms with Gasteiger partial charge >= 0.3 is 6.18 Å². The monoisotopic (exact) mass is 354 g/mol. The second-order valence-corrected chi connectivity index (χ2v) is 7.24. The van der Waals surface area contributed by atoms with Gasteiger partial charge in [0.1, 0.15) is 11.9 Å². The lowest BCUT2D eigenvalue weighted by Gasteiger charge is -2.26. The average Bonchev–Trinajstić information content (AvgIpc) is 3.20. The minimum absolute atomic E-state index is 0.000795. The summed E-state index contributed by atoms with van der Waals surface area (Å²) in [5.74, 6) is -0.146. The minimum Gasteiger partial charge on any atom is -0.486 e. The fraction of sp³-hybridized carbons (Fsp3) is 0.611.